The van der Waals surface area contributed by atoms with E-state index in [1.165, 1.54) is 57.8 Å². The molecule has 0 bridgehead atoms. The molecule has 0 spiro atoms. The average Bonchev–Trinajstić information content (AvgIpc) is 3.33. The van der Waals surface area contributed by atoms with Crippen LogP contribution < -0.4 is 0 Å². The third kappa shape index (κ3) is 3.43. The molecule has 0 aromatic rings. The topological polar surface area (TPSA) is 29.5 Å². The summed E-state index contributed by atoms with van der Waals surface area (Å²) in [6.07, 6.45) is 16.9. The zero-order valence-electron chi connectivity index (χ0n) is 20.1. The smallest absolute Gasteiger partial charge is 0.0657 e. The molecule has 5 rings (SSSR count). The van der Waals surface area contributed by atoms with Gasteiger partial charge in [0.25, 0.3) is 0 Å². The monoisotopic (exact) mass is 414 g/mol. The van der Waals surface area contributed by atoms with E-state index in [-0.39, 0.29) is 0 Å². The summed E-state index contributed by atoms with van der Waals surface area (Å²) in [4.78, 5) is 0. The van der Waals surface area contributed by atoms with Gasteiger partial charge in [-0.05, 0) is 117 Å². The van der Waals surface area contributed by atoms with Crippen LogP contribution in [0.3, 0.4) is 0 Å². The van der Waals surface area contributed by atoms with Gasteiger partial charge < -0.3 is 9.84 Å². The molecule has 1 heterocycles. The Morgan fingerprint density at radius 3 is 2.67 bits per heavy atom. The van der Waals surface area contributed by atoms with Crippen molar-refractivity contribution in [3.05, 3.63) is 11.6 Å². The minimum absolute atomic E-state index is 0.360. The maximum atomic E-state index is 10.7. The van der Waals surface area contributed by atoms with Crippen molar-refractivity contribution in [2.24, 2.45) is 46.3 Å². The number of hydrogen-bond acceptors (Lipinski definition) is 2. The van der Waals surface area contributed by atoms with Crippen molar-refractivity contribution < 1.29 is 9.84 Å². The Morgan fingerprint density at radius 1 is 1.07 bits per heavy atom. The molecule has 170 valence electrons. The van der Waals surface area contributed by atoms with Crippen molar-refractivity contribution in [2.45, 2.75) is 104 Å². The maximum Gasteiger partial charge on any atom is 0.0657 e. The Kier molecular flexibility index (Phi) is 5.46. The normalized spacial score (nSPS) is 51.6. The Bertz CT molecular complexity index is 674. The summed E-state index contributed by atoms with van der Waals surface area (Å²) in [5.41, 5.74) is 2.05. The summed E-state index contributed by atoms with van der Waals surface area (Å²) in [6.45, 7) is 11.9. The van der Waals surface area contributed by atoms with E-state index in [1.54, 1.807) is 5.57 Å². The van der Waals surface area contributed by atoms with Crippen LogP contribution in [0.2, 0.25) is 0 Å². The molecular formula is C28H46O2. The van der Waals surface area contributed by atoms with Gasteiger partial charge in [0.05, 0.1) is 5.60 Å². The van der Waals surface area contributed by atoms with Crippen LogP contribution in [0.5, 0.6) is 0 Å². The molecule has 3 saturated carbocycles. The standard InChI is InChI=1S/C28H46O2/c1-19(5-6-20-12-16-30-18-20)23-9-10-24-22-8-7-21-17-26(2,29)14-15-27(21,3)25(22)11-13-28(23,24)4/h7,19-20,22-25,29H,5-6,8-18H2,1-4H3/t19-,20?,22+,23-,24+,25+,26+,27+,28-/m1/s1. The van der Waals surface area contributed by atoms with Crippen molar-refractivity contribution in [3.63, 3.8) is 0 Å². The third-order valence-electron chi connectivity index (χ3n) is 11.2. The maximum absolute atomic E-state index is 10.7. The van der Waals surface area contributed by atoms with Gasteiger partial charge in [-0.1, -0.05) is 38.8 Å². The fourth-order valence-corrected chi connectivity index (χ4v) is 9.29. The summed E-state index contributed by atoms with van der Waals surface area (Å²) >= 11 is 0. The van der Waals surface area contributed by atoms with Crippen LogP contribution in [0.25, 0.3) is 0 Å². The Balaban J connectivity index is 1.31. The largest absolute Gasteiger partial charge is 0.390 e. The Morgan fingerprint density at radius 2 is 1.90 bits per heavy atom. The highest BCUT2D eigenvalue weighted by Crippen LogP contribution is 2.67. The first kappa shape index (κ1) is 21.5. The van der Waals surface area contributed by atoms with Gasteiger partial charge in [0.2, 0.25) is 0 Å². The quantitative estimate of drug-likeness (QED) is 0.514. The van der Waals surface area contributed by atoms with E-state index in [2.05, 4.69) is 33.8 Å². The first-order chi connectivity index (χ1) is 14.2. The highest BCUT2D eigenvalue weighted by Gasteiger charge is 2.59. The van der Waals surface area contributed by atoms with Crippen molar-refractivity contribution in [3.8, 4) is 0 Å². The van der Waals surface area contributed by atoms with Gasteiger partial charge in [0.15, 0.2) is 0 Å². The second-order valence-corrected chi connectivity index (χ2v) is 12.9. The predicted octanol–water partition coefficient (Wildman–Crippen LogP) is 6.77. The van der Waals surface area contributed by atoms with Gasteiger partial charge in [-0.25, -0.2) is 0 Å². The molecule has 5 aliphatic rings. The lowest BCUT2D eigenvalue weighted by atomic mass is 9.46. The lowest BCUT2D eigenvalue weighted by Gasteiger charge is -2.59. The molecule has 2 heteroatoms. The van der Waals surface area contributed by atoms with E-state index in [1.807, 2.05) is 0 Å². The minimum atomic E-state index is -0.473. The number of hydrogen-bond donors (Lipinski definition) is 1. The molecule has 0 aromatic heterocycles. The van der Waals surface area contributed by atoms with Crippen LogP contribution >= 0.6 is 0 Å². The van der Waals surface area contributed by atoms with Crippen LogP contribution in [-0.4, -0.2) is 23.9 Å². The first-order valence-corrected chi connectivity index (χ1v) is 13.2. The zero-order valence-corrected chi connectivity index (χ0v) is 20.1. The summed E-state index contributed by atoms with van der Waals surface area (Å²) in [6, 6.07) is 0. The molecule has 0 aromatic carbocycles. The van der Waals surface area contributed by atoms with Gasteiger partial charge >= 0.3 is 0 Å². The van der Waals surface area contributed by atoms with Crippen molar-refractivity contribution in [1.82, 2.24) is 0 Å². The summed E-state index contributed by atoms with van der Waals surface area (Å²) < 4.78 is 5.62. The van der Waals surface area contributed by atoms with Crippen molar-refractivity contribution in [1.29, 1.82) is 0 Å². The highest BCUT2D eigenvalue weighted by molar-refractivity contribution is 5.26. The van der Waals surface area contributed by atoms with E-state index in [9.17, 15) is 5.11 Å². The number of rotatable bonds is 4. The van der Waals surface area contributed by atoms with Crippen LogP contribution in [0, 0.1) is 46.3 Å². The molecule has 1 aliphatic heterocycles. The summed E-state index contributed by atoms with van der Waals surface area (Å²) in [5.74, 6) is 5.30. The summed E-state index contributed by atoms with van der Waals surface area (Å²) in [5, 5.41) is 10.7. The molecule has 0 radical (unpaired) electrons. The number of fused-ring (bicyclic) bond motifs is 5. The van der Waals surface area contributed by atoms with Crippen LogP contribution in [0.4, 0.5) is 0 Å². The highest BCUT2D eigenvalue weighted by atomic mass is 16.5. The first-order valence-electron chi connectivity index (χ1n) is 13.2. The number of allylic oxidation sites excluding steroid dienone is 1. The molecule has 4 aliphatic carbocycles. The van der Waals surface area contributed by atoms with Gasteiger partial charge in [0, 0.05) is 13.2 Å². The molecule has 1 unspecified atom stereocenters. The SMILES string of the molecule is C[C@H](CCC1CCOC1)[C@H]1CC[C@H]2[C@@H]3CC=C4C[C@@](C)(O)CC[C@]4(C)[C@H]3CC[C@]12C. The minimum Gasteiger partial charge on any atom is -0.390 e. The third-order valence-corrected chi connectivity index (χ3v) is 11.2. The van der Waals surface area contributed by atoms with Gasteiger partial charge in [0.1, 0.15) is 0 Å². The molecule has 4 fully saturated rings. The van der Waals surface area contributed by atoms with Gasteiger partial charge in [-0.2, -0.15) is 0 Å². The molecule has 2 nitrogen and oxygen atoms in total. The molecule has 9 atom stereocenters. The lowest BCUT2D eigenvalue weighted by molar-refractivity contribution is -0.0706. The molecule has 0 amide bonds. The van der Waals surface area contributed by atoms with Crippen LogP contribution in [0.15, 0.2) is 11.6 Å². The van der Waals surface area contributed by atoms with E-state index in [4.69, 9.17) is 4.74 Å². The molecule has 30 heavy (non-hydrogen) atoms. The van der Waals surface area contributed by atoms with E-state index >= 15 is 0 Å². The fraction of sp³-hybridized carbons (Fsp3) is 0.929. The summed E-state index contributed by atoms with van der Waals surface area (Å²) in [7, 11) is 0. The number of ether oxygens (including phenoxy) is 1. The van der Waals surface area contributed by atoms with E-state index in [0.717, 1.165) is 61.6 Å². The molecular weight excluding hydrogens is 368 g/mol. The molecule has 1 saturated heterocycles. The van der Waals surface area contributed by atoms with Crippen LogP contribution in [-0.2, 0) is 4.74 Å². The average molecular weight is 415 g/mol. The zero-order chi connectivity index (χ0) is 21.1. The second-order valence-electron chi connectivity index (χ2n) is 12.9. The van der Waals surface area contributed by atoms with E-state index in [0.29, 0.717) is 10.8 Å². The van der Waals surface area contributed by atoms with Crippen molar-refractivity contribution >= 4 is 0 Å². The Hall–Kier alpha value is -0.340. The predicted molar refractivity (Wildman–Crippen MR) is 123 cm³/mol. The molecule has 1 N–H and O–H groups in total. The van der Waals surface area contributed by atoms with Crippen LogP contribution in [0.1, 0.15) is 98.3 Å². The second kappa shape index (κ2) is 7.62. The van der Waals surface area contributed by atoms with E-state index < -0.39 is 5.60 Å². The number of aliphatic hydroxyl groups is 1. The fourth-order valence-electron chi connectivity index (χ4n) is 9.29. The van der Waals surface area contributed by atoms with Crippen molar-refractivity contribution in [2.75, 3.05) is 13.2 Å². The Labute approximate surface area is 185 Å². The van der Waals surface area contributed by atoms with Gasteiger partial charge in [-0.15, -0.1) is 0 Å². The lowest BCUT2D eigenvalue weighted by Crippen LogP contribution is -2.52. The van der Waals surface area contributed by atoms with Gasteiger partial charge in [-0.3, -0.25) is 0 Å².